The van der Waals surface area contributed by atoms with E-state index in [4.69, 9.17) is 0 Å². The SMILES string of the molecule is CCCC(CC)c1cccc(C(NC(C)=O)C(=O)NC)n1. The van der Waals surface area contributed by atoms with Gasteiger partial charge in [0.05, 0.1) is 5.69 Å². The minimum atomic E-state index is -0.744. The van der Waals surface area contributed by atoms with Crippen LogP contribution in [0.25, 0.3) is 0 Å². The zero-order valence-electron chi connectivity index (χ0n) is 13.3. The maximum absolute atomic E-state index is 12.0. The number of pyridine rings is 1. The van der Waals surface area contributed by atoms with Crippen LogP contribution in [0.1, 0.15) is 63.4 Å². The molecule has 1 rings (SSSR count). The molecule has 0 aromatic carbocycles. The first-order valence-electron chi connectivity index (χ1n) is 7.48. The maximum atomic E-state index is 12.0. The first kappa shape index (κ1) is 17.1. The average Bonchev–Trinajstić information content (AvgIpc) is 2.49. The molecule has 0 aliphatic carbocycles. The van der Waals surface area contributed by atoms with Gasteiger partial charge in [-0.2, -0.15) is 0 Å². The van der Waals surface area contributed by atoms with Crippen molar-refractivity contribution in [1.82, 2.24) is 15.6 Å². The van der Waals surface area contributed by atoms with Gasteiger partial charge in [-0.25, -0.2) is 0 Å². The van der Waals surface area contributed by atoms with Crippen LogP contribution in [0, 0.1) is 0 Å². The van der Waals surface area contributed by atoms with Crippen molar-refractivity contribution < 1.29 is 9.59 Å². The Hall–Kier alpha value is -1.91. The van der Waals surface area contributed by atoms with Gasteiger partial charge < -0.3 is 10.6 Å². The molecule has 2 N–H and O–H groups in total. The molecule has 0 aliphatic heterocycles. The summed E-state index contributed by atoms with van der Waals surface area (Å²) >= 11 is 0. The molecule has 5 nitrogen and oxygen atoms in total. The monoisotopic (exact) mass is 291 g/mol. The predicted octanol–water partition coefficient (Wildman–Crippen LogP) is 2.30. The molecule has 0 radical (unpaired) electrons. The van der Waals surface area contributed by atoms with E-state index >= 15 is 0 Å². The fourth-order valence-corrected chi connectivity index (χ4v) is 2.39. The van der Waals surface area contributed by atoms with E-state index in [1.807, 2.05) is 12.1 Å². The fourth-order valence-electron chi connectivity index (χ4n) is 2.39. The summed E-state index contributed by atoms with van der Waals surface area (Å²) in [6.07, 6.45) is 3.17. The molecule has 1 aromatic heterocycles. The van der Waals surface area contributed by atoms with E-state index in [0.717, 1.165) is 25.0 Å². The number of likely N-dealkylation sites (N-methyl/N-ethyl adjacent to an activating group) is 1. The maximum Gasteiger partial charge on any atom is 0.248 e. The van der Waals surface area contributed by atoms with Crippen LogP contribution in [0.2, 0.25) is 0 Å². The van der Waals surface area contributed by atoms with Crippen molar-refractivity contribution in [1.29, 1.82) is 0 Å². The third-order valence-electron chi connectivity index (χ3n) is 3.49. The van der Waals surface area contributed by atoms with Crippen LogP contribution in [0.4, 0.5) is 0 Å². The van der Waals surface area contributed by atoms with E-state index in [9.17, 15) is 9.59 Å². The minimum absolute atomic E-state index is 0.253. The summed E-state index contributed by atoms with van der Waals surface area (Å²) in [7, 11) is 1.55. The number of nitrogens with one attached hydrogen (secondary N) is 2. The number of aromatic nitrogens is 1. The van der Waals surface area contributed by atoms with Crippen molar-refractivity contribution in [3.63, 3.8) is 0 Å². The van der Waals surface area contributed by atoms with E-state index in [-0.39, 0.29) is 11.8 Å². The van der Waals surface area contributed by atoms with Crippen molar-refractivity contribution in [3.05, 3.63) is 29.6 Å². The number of carbonyl (C=O) groups is 2. The van der Waals surface area contributed by atoms with Crippen molar-refractivity contribution in [2.24, 2.45) is 0 Å². The highest BCUT2D eigenvalue weighted by Crippen LogP contribution is 2.24. The molecule has 0 fully saturated rings. The Balaban J connectivity index is 3.09. The Morgan fingerprint density at radius 1 is 1.24 bits per heavy atom. The molecule has 2 amide bonds. The van der Waals surface area contributed by atoms with E-state index < -0.39 is 6.04 Å². The number of carbonyl (C=O) groups excluding carboxylic acids is 2. The Kier molecular flexibility index (Phi) is 6.85. The predicted molar refractivity (Wildman–Crippen MR) is 82.8 cm³/mol. The number of nitrogens with zero attached hydrogens (tertiary/aromatic N) is 1. The standard InChI is InChI=1S/C16H25N3O2/c1-5-8-12(6-2)13-9-7-10-14(19-13)15(16(21)17-4)18-11(3)20/h7,9-10,12,15H,5-6,8H2,1-4H3,(H,17,21)(H,18,20). The van der Waals surface area contributed by atoms with Crippen LogP contribution in [0.5, 0.6) is 0 Å². The van der Waals surface area contributed by atoms with Crippen LogP contribution >= 0.6 is 0 Å². The normalized spacial score (nSPS) is 13.3. The first-order valence-corrected chi connectivity index (χ1v) is 7.48. The lowest BCUT2D eigenvalue weighted by molar-refractivity contribution is -0.128. The Bertz CT molecular complexity index is 488. The average molecular weight is 291 g/mol. The molecule has 2 unspecified atom stereocenters. The number of rotatable bonds is 7. The quantitative estimate of drug-likeness (QED) is 0.809. The van der Waals surface area contributed by atoms with Crippen LogP contribution in [0.3, 0.4) is 0 Å². The van der Waals surface area contributed by atoms with E-state index in [2.05, 4.69) is 29.5 Å². The van der Waals surface area contributed by atoms with E-state index in [0.29, 0.717) is 11.6 Å². The third-order valence-corrected chi connectivity index (χ3v) is 3.49. The summed E-state index contributed by atoms with van der Waals surface area (Å²) in [6, 6.07) is 4.92. The van der Waals surface area contributed by atoms with Crippen LogP contribution in [-0.4, -0.2) is 23.8 Å². The molecule has 2 atom stereocenters. The largest absolute Gasteiger partial charge is 0.357 e. The van der Waals surface area contributed by atoms with Crippen LogP contribution in [0.15, 0.2) is 18.2 Å². The molecular weight excluding hydrogens is 266 g/mol. The smallest absolute Gasteiger partial charge is 0.248 e. The summed E-state index contributed by atoms with van der Waals surface area (Å²) in [4.78, 5) is 27.9. The van der Waals surface area contributed by atoms with Gasteiger partial charge in [-0.1, -0.05) is 26.3 Å². The van der Waals surface area contributed by atoms with Gasteiger partial charge in [-0.15, -0.1) is 0 Å². The Morgan fingerprint density at radius 2 is 1.90 bits per heavy atom. The minimum Gasteiger partial charge on any atom is -0.357 e. The molecule has 0 spiro atoms. The molecule has 0 saturated carbocycles. The van der Waals surface area contributed by atoms with Crippen molar-refractivity contribution >= 4 is 11.8 Å². The molecule has 0 bridgehead atoms. The first-order chi connectivity index (χ1) is 10.0. The van der Waals surface area contributed by atoms with Gasteiger partial charge in [0.1, 0.15) is 0 Å². The van der Waals surface area contributed by atoms with Crippen LogP contribution < -0.4 is 10.6 Å². The van der Waals surface area contributed by atoms with E-state index in [1.165, 1.54) is 6.92 Å². The van der Waals surface area contributed by atoms with Crippen LogP contribution in [-0.2, 0) is 9.59 Å². The molecule has 0 saturated heterocycles. The second-order valence-corrected chi connectivity index (χ2v) is 5.13. The molecule has 5 heteroatoms. The number of amides is 2. The molecule has 1 heterocycles. The van der Waals surface area contributed by atoms with Gasteiger partial charge >= 0.3 is 0 Å². The third kappa shape index (κ3) is 4.85. The summed E-state index contributed by atoms with van der Waals surface area (Å²) in [5.74, 6) is -0.132. The second kappa shape index (κ2) is 8.39. The van der Waals surface area contributed by atoms with Gasteiger partial charge in [-0.05, 0) is 25.0 Å². The zero-order chi connectivity index (χ0) is 15.8. The highest BCUT2D eigenvalue weighted by Gasteiger charge is 2.22. The summed E-state index contributed by atoms with van der Waals surface area (Å²) < 4.78 is 0. The molecule has 1 aromatic rings. The summed E-state index contributed by atoms with van der Waals surface area (Å²) in [6.45, 7) is 5.68. The summed E-state index contributed by atoms with van der Waals surface area (Å²) in [5.41, 5.74) is 1.56. The highest BCUT2D eigenvalue weighted by molar-refractivity contribution is 5.87. The highest BCUT2D eigenvalue weighted by atomic mass is 16.2. The molecule has 116 valence electrons. The van der Waals surface area contributed by atoms with E-state index in [1.54, 1.807) is 13.1 Å². The van der Waals surface area contributed by atoms with Gasteiger partial charge in [0, 0.05) is 25.6 Å². The lowest BCUT2D eigenvalue weighted by atomic mass is 9.96. The zero-order valence-corrected chi connectivity index (χ0v) is 13.3. The second-order valence-electron chi connectivity index (χ2n) is 5.13. The van der Waals surface area contributed by atoms with Gasteiger partial charge in [0.2, 0.25) is 11.8 Å². The lowest BCUT2D eigenvalue weighted by Gasteiger charge is -2.19. The van der Waals surface area contributed by atoms with Gasteiger partial charge in [0.15, 0.2) is 6.04 Å². The molecule has 0 aliphatic rings. The number of hydrogen-bond donors (Lipinski definition) is 2. The fraction of sp³-hybridized carbons (Fsp3) is 0.562. The van der Waals surface area contributed by atoms with Crippen molar-refractivity contribution in [3.8, 4) is 0 Å². The molecule has 21 heavy (non-hydrogen) atoms. The van der Waals surface area contributed by atoms with Gasteiger partial charge in [-0.3, -0.25) is 14.6 Å². The number of hydrogen-bond acceptors (Lipinski definition) is 3. The van der Waals surface area contributed by atoms with Crippen molar-refractivity contribution in [2.45, 2.75) is 52.0 Å². The topological polar surface area (TPSA) is 71.1 Å². The summed E-state index contributed by atoms with van der Waals surface area (Å²) in [5, 5.41) is 5.21. The Morgan fingerprint density at radius 3 is 2.43 bits per heavy atom. The lowest BCUT2D eigenvalue weighted by Crippen LogP contribution is -2.38. The Labute approximate surface area is 126 Å². The van der Waals surface area contributed by atoms with Crippen molar-refractivity contribution in [2.75, 3.05) is 7.05 Å². The van der Waals surface area contributed by atoms with Gasteiger partial charge in [0.25, 0.3) is 0 Å². The molecular formula is C16H25N3O2.